The Bertz CT molecular complexity index is 521. The van der Waals surface area contributed by atoms with Crippen LogP contribution in [0.15, 0.2) is 24.3 Å². The Morgan fingerprint density at radius 1 is 1.36 bits per heavy atom. The maximum Gasteiger partial charge on any atom is 0.320 e. The Hall–Kier alpha value is -1.79. The van der Waals surface area contributed by atoms with Crippen molar-refractivity contribution < 1.29 is 19.4 Å². The van der Waals surface area contributed by atoms with Crippen LogP contribution in [0.5, 0.6) is 5.75 Å². The molecule has 7 heteroatoms. The normalized spacial score (nSPS) is 18.1. The predicted octanol–water partition coefficient (Wildman–Crippen LogP) is 1.38. The van der Waals surface area contributed by atoms with E-state index in [0.29, 0.717) is 36.9 Å². The molecule has 1 atom stereocenters. The van der Waals surface area contributed by atoms with E-state index in [1.54, 1.807) is 29.2 Å². The Kier molecular flexibility index (Phi) is 6.03. The molecule has 0 bridgehead atoms. The Morgan fingerprint density at radius 2 is 2.09 bits per heavy atom. The van der Waals surface area contributed by atoms with Crippen LogP contribution < -0.4 is 10.1 Å². The topological polar surface area (TPSA) is 78.9 Å². The summed E-state index contributed by atoms with van der Waals surface area (Å²) in [5.74, 6) is -0.367. The summed E-state index contributed by atoms with van der Waals surface area (Å²) in [7, 11) is 0. The molecule has 2 rings (SSSR count). The van der Waals surface area contributed by atoms with Crippen LogP contribution in [0.4, 0.5) is 0 Å². The van der Waals surface area contributed by atoms with Crippen molar-refractivity contribution in [2.75, 3.05) is 26.2 Å². The minimum absolute atomic E-state index is 0.109. The van der Waals surface area contributed by atoms with E-state index in [4.69, 9.17) is 21.4 Å². The Morgan fingerprint density at radius 3 is 2.77 bits per heavy atom. The molecule has 0 spiro atoms. The fraction of sp³-hybridized carbons (Fsp3) is 0.467. The molecule has 2 N–H and O–H groups in total. The van der Waals surface area contributed by atoms with Crippen LogP contribution >= 0.6 is 11.6 Å². The van der Waals surface area contributed by atoms with Crippen molar-refractivity contribution in [2.24, 2.45) is 0 Å². The fourth-order valence-corrected chi connectivity index (χ4v) is 2.55. The molecule has 1 amide bonds. The first-order valence-electron chi connectivity index (χ1n) is 7.18. The second-order valence-corrected chi connectivity index (χ2v) is 5.56. The highest BCUT2D eigenvalue weighted by Gasteiger charge is 2.31. The van der Waals surface area contributed by atoms with Crippen molar-refractivity contribution in [1.82, 2.24) is 10.2 Å². The number of nitrogens with one attached hydrogen (secondary N) is 1. The van der Waals surface area contributed by atoms with Gasteiger partial charge < -0.3 is 15.2 Å². The molecule has 1 unspecified atom stereocenters. The number of rotatable bonds is 7. The summed E-state index contributed by atoms with van der Waals surface area (Å²) < 4.78 is 5.46. The minimum atomic E-state index is -0.864. The molecule has 120 valence electrons. The van der Waals surface area contributed by atoms with Crippen LogP contribution in [-0.2, 0) is 9.59 Å². The molecule has 6 nitrogen and oxygen atoms in total. The smallest absolute Gasteiger partial charge is 0.320 e. The molecule has 22 heavy (non-hydrogen) atoms. The van der Waals surface area contributed by atoms with Crippen LogP contribution in [0, 0.1) is 0 Å². The number of carbonyl (C=O) groups is 2. The summed E-state index contributed by atoms with van der Waals surface area (Å²) >= 11 is 5.77. The van der Waals surface area contributed by atoms with Gasteiger partial charge in [-0.3, -0.25) is 14.5 Å². The first kappa shape index (κ1) is 16.6. The van der Waals surface area contributed by atoms with E-state index in [1.807, 2.05) is 0 Å². The molecule has 0 radical (unpaired) electrons. The third-order valence-electron chi connectivity index (χ3n) is 3.50. The fourth-order valence-electron chi connectivity index (χ4n) is 2.43. The van der Waals surface area contributed by atoms with Crippen LogP contribution in [0.3, 0.4) is 0 Å². The van der Waals surface area contributed by atoms with Crippen LogP contribution in [0.1, 0.15) is 12.8 Å². The SMILES string of the molecule is O=C(CN1CCCC1C(=O)O)NCCOc1ccc(Cl)cc1. The maximum atomic E-state index is 11.8. The molecular weight excluding hydrogens is 308 g/mol. The highest BCUT2D eigenvalue weighted by atomic mass is 35.5. The van der Waals surface area contributed by atoms with Gasteiger partial charge in [-0.05, 0) is 43.7 Å². The molecule has 1 fully saturated rings. The zero-order chi connectivity index (χ0) is 15.9. The van der Waals surface area contributed by atoms with Gasteiger partial charge in [-0.1, -0.05) is 11.6 Å². The van der Waals surface area contributed by atoms with Crippen LogP contribution in [0.2, 0.25) is 5.02 Å². The van der Waals surface area contributed by atoms with Crippen molar-refractivity contribution >= 4 is 23.5 Å². The van der Waals surface area contributed by atoms with Crippen molar-refractivity contribution in [3.8, 4) is 5.75 Å². The van der Waals surface area contributed by atoms with Gasteiger partial charge in [-0.2, -0.15) is 0 Å². The van der Waals surface area contributed by atoms with E-state index in [1.165, 1.54) is 0 Å². The van der Waals surface area contributed by atoms with Gasteiger partial charge in [-0.15, -0.1) is 0 Å². The zero-order valence-corrected chi connectivity index (χ0v) is 12.9. The van der Waals surface area contributed by atoms with Gasteiger partial charge in [0.25, 0.3) is 0 Å². The summed E-state index contributed by atoms with van der Waals surface area (Å²) in [6.07, 6.45) is 1.41. The number of carboxylic acid groups (broad SMARTS) is 1. The number of halogens is 1. The molecule has 1 heterocycles. The van der Waals surface area contributed by atoms with E-state index in [9.17, 15) is 9.59 Å². The van der Waals surface area contributed by atoms with Gasteiger partial charge in [0.15, 0.2) is 0 Å². The van der Waals surface area contributed by atoms with Crippen LogP contribution in [0.25, 0.3) is 0 Å². The van der Waals surface area contributed by atoms with Crippen molar-refractivity contribution in [2.45, 2.75) is 18.9 Å². The second kappa shape index (κ2) is 8.00. The maximum absolute atomic E-state index is 11.8. The third-order valence-corrected chi connectivity index (χ3v) is 3.75. The largest absolute Gasteiger partial charge is 0.492 e. The molecule has 1 saturated heterocycles. The molecule has 0 saturated carbocycles. The number of likely N-dealkylation sites (tertiary alicyclic amines) is 1. The lowest BCUT2D eigenvalue weighted by Crippen LogP contribution is -2.43. The summed E-state index contributed by atoms with van der Waals surface area (Å²) in [6.45, 7) is 1.46. The van der Waals surface area contributed by atoms with E-state index >= 15 is 0 Å². The number of ether oxygens (including phenoxy) is 1. The quantitative estimate of drug-likeness (QED) is 0.740. The average molecular weight is 327 g/mol. The van der Waals surface area contributed by atoms with Gasteiger partial charge in [0.1, 0.15) is 18.4 Å². The Balaban J connectivity index is 1.65. The third kappa shape index (κ3) is 4.89. The molecule has 1 aliphatic rings. The average Bonchev–Trinajstić information content (AvgIpc) is 2.94. The molecule has 0 aliphatic carbocycles. The van der Waals surface area contributed by atoms with Gasteiger partial charge in [-0.25, -0.2) is 0 Å². The number of aliphatic carboxylic acids is 1. The predicted molar refractivity (Wildman–Crippen MR) is 82.2 cm³/mol. The molecule has 1 aromatic carbocycles. The van der Waals surface area contributed by atoms with Gasteiger partial charge in [0, 0.05) is 5.02 Å². The molecule has 0 aromatic heterocycles. The van der Waals surface area contributed by atoms with E-state index in [-0.39, 0.29) is 12.5 Å². The molecular formula is C15H19ClN2O4. The summed E-state index contributed by atoms with van der Waals surface area (Å²) in [5, 5.41) is 12.4. The lowest BCUT2D eigenvalue weighted by molar-refractivity contribution is -0.142. The van der Waals surface area contributed by atoms with Gasteiger partial charge >= 0.3 is 5.97 Å². The summed E-state index contributed by atoms with van der Waals surface area (Å²) in [4.78, 5) is 24.5. The summed E-state index contributed by atoms with van der Waals surface area (Å²) in [6, 6.07) is 6.43. The van der Waals surface area contributed by atoms with Crippen molar-refractivity contribution in [1.29, 1.82) is 0 Å². The van der Waals surface area contributed by atoms with Gasteiger partial charge in [0.2, 0.25) is 5.91 Å². The number of hydrogen-bond donors (Lipinski definition) is 2. The number of carbonyl (C=O) groups excluding carboxylic acids is 1. The monoisotopic (exact) mass is 326 g/mol. The zero-order valence-electron chi connectivity index (χ0n) is 12.1. The van der Waals surface area contributed by atoms with Crippen molar-refractivity contribution in [3.05, 3.63) is 29.3 Å². The van der Waals surface area contributed by atoms with Crippen molar-refractivity contribution in [3.63, 3.8) is 0 Å². The highest BCUT2D eigenvalue weighted by molar-refractivity contribution is 6.30. The number of amides is 1. The van der Waals surface area contributed by atoms with Crippen LogP contribution in [-0.4, -0.2) is 54.2 Å². The first-order chi connectivity index (χ1) is 10.6. The van der Waals surface area contributed by atoms with Gasteiger partial charge in [0.05, 0.1) is 13.1 Å². The molecule has 1 aromatic rings. The number of hydrogen-bond acceptors (Lipinski definition) is 4. The standard InChI is InChI=1S/C15H19ClN2O4/c16-11-3-5-12(6-4-11)22-9-7-17-14(19)10-18-8-1-2-13(18)15(20)21/h3-6,13H,1-2,7-10H2,(H,17,19)(H,20,21). The second-order valence-electron chi connectivity index (χ2n) is 5.12. The van der Waals surface area contributed by atoms with E-state index in [0.717, 1.165) is 6.42 Å². The molecule has 1 aliphatic heterocycles. The number of benzene rings is 1. The highest BCUT2D eigenvalue weighted by Crippen LogP contribution is 2.17. The van der Waals surface area contributed by atoms with E-state index in [2.05, 4.69) is 5.32 Å². The summed E-state index contributed by atoms with van der Waals surface area (Å²) in [5.41, 5.74) is 0. The lowest BCUT2D eigenvalue weighted by atomic mass is 10.2. The first-order valence-corrected chi connectivity index (χ1v) is 7.56. The minimum Gasteiger partial charge on any atom is -0.492 e. The Labute approximate surface area is 134 Å². The van der Waals surface area contributed by atoms with E-state index < -0.39 is 12.0 Å². The number of carboxylic acids is 1. The number of nitrogens with zero attached hydrogens (tertiary/aromatic N) is 1. The lowest BCUT2D eigenvalue weighted by Gasteiger charge is -2.20.